The zero-order valence-electron chi connectivity index (χ0n) is 16.4. The molecule has 0 aliphatic heterocycles. The predicted molar refractivity (Wildman–Crippen MR) is 99.9 cm³/mol. The molecular formula is C20H42O4. The number of hydrogen-bond acceptors (Lipinski definition) is 1. The van der Waals surface area contributed by atoms with E-state index in [0.29, 0.717) is 5.41 Å². The maximum absolute atomic E-state index is 10.8. The van der Waals surface area contributed by atoms with Gasteiger partial charge in [-0.1, -0.05) is 41.0 Å². The molecule has 0 saturated heterocycles. The molecule has 3 aliphatic rings. The van der Waals surface area contributed by atoms with E-state index in [2.05, 4.69) is 34.6 Å². The van der Waals surface area contributed by atoms with E-state index in [4.69, 9.17) is 0 Å². The molecule has 1 unspecified atom stereocenters. The van der Waals surface area contributed by atoms with Gasteiger partial charge in [0.2, 0.25) is 0 Å². The topological polar surface area (TPSA) is 115 Å². The van der Waals surface area contributed by atoms with Crippen molar-refractivity contribution in [3.05, 3.63) is 0 Å². The Morgan fingerprint density at radius 1 is 0.750 bits per heavy atom. The average molecular weight is 347 g/mol. The summed E-state index contributed by atoms with van der Waals surface area (Å²) in [5.74, 6) is 4.13. The second kappa shape index (κ2) is 8.03. The van der Waals surface area contributed by atoms with Crippen molar-refractivity contribution in [3.63, 3.8) is 0 Å². The molecule has 3 fully saturated rings. The van der Waals surface area contributed by atoms with Crippen LogP contribution < -0.4 is 0 Å². The lowest BCUT2D eigenvalue weighted by Gasteiger charge is -2.58. The first-order chi connectivity index (χ1) is 9.76. The molecule has 3 saturated carbocycles. The molecule has 0 spiro atoms. The van der Waals surface area contributed by atoms with Crippen LogP contribution in [0.15, 0.2) is 0 Å². The predicted octanol–water partition coefficient (Wildman–Crippen LogP) is 2.80. The fourth-order valence-corrected chi connectivity index (χ4v) is 6.63. The van der Waals surface area contributed by atoms with Crippen molar-refractivity contribution in [2.45, 2.75) is 85.7 Å². The van der Waals surface area contributed by atoms with Crippen LogP contribution in [0.2, 0.25) is 0 Å². The summed E-state index contributed by atoms with van der Waals surface area (Å²) in [6, 6.07) is 0. The van der Waals surface area contributed by atoms with Gasteiger partial charge in [-0.3, -0.25) is 0 Å². The molecule has 3 rings (SSSR count). The Balaban J connectivity index is 0.00000176. The Labute approximate surface area is 148 Å². The maximum Gasteiger partial charge on any atom is 0.0596 e. The van der Waals surface area contributed by atoms with E-state index >= 15 is 0 Å². The number of aliphatic hydroxyl groups is 1. The Morgan fingerprint density at radius 2 is 1.29 bits per heavy atom. The van der Waals surface area contributed by atoms with Gasteiger partial charge in [0.25, 0.3) is 0 Å². The van der Waals surface area contributed by atoms with Gasteiger partial charge in [-0.2, -0.15) is 0 Å². The van der Waals surface area contributed by atoms with Gasteiger partial charge in [0.05, 0.1) is 6.10 Å². The van der Waals surface area contributed by atoms with Crippen molar-refractivity contribution < 1.29 is 21.5 Å². The molecule has 0 heterocycles. The number of rotatable bonds is 0. The Hall–Kier alpha value is -0.160. The first kappa shape index (κ1) is 23.8. The van der Waals surface area contributed by atoms with Crippen molar-refractivity contribution in [2.75, 3.05) is 0 Å². The monoisotopic (exact) mass is 346 g/mol. The van der Waals surface area contributed by atoms with Crippen molar-refractivity contribution >= 4 is 0 Å². The molecule has 0 aromatic carbocycles. The molecule has 0 aromatic heterocycles. The average Bonchev–Trinajstić information content (AvgIpc) is 2.40. The van der Waals surface area contributed by atoms with Crippen LogP contribution in [0.4, 0.5) is 0 Å². The molecule has 0 aromatic rings. The zero-order valence-corrected chi connectivity index (χ0v) is 16.4. The van der Waals surface area contributed by atoms with Crippen LogP contribution >= 0.6 is 0 Å². The van der Waals surface area contributed by atoms with E-state index in [1.54, 1.807) is 0 Å². The first-order valence-electron chi connectivity index (χ1n) is 9.45. The smallest absolute Gasteiger partial charge is 0.0596 e. The maximum atomic E-state index is 10.8. The molecule has 0 radical (unpaired) electrons. The molecule has 7 atom stereocenters. The SMILES string of the molecule is C[C@@H]1CCC(O)[C@@]2(C)CC[C@H]3[C@H](C)CC[C@@H](C[C@H]12)C3(C)C.O.O.O. The highest BCUT2D eigenvalue weighted by molar-refractivity contribution is 5.03. The van der Waals surface area contributed by atoms with E-state index in [1.807, 2.05) is 0 Å². The molecule has 7 N–H and O–H groups in total. The quantitative estimate of drug-likeness (QED) is 0.713. The highest BCUT2D eigenvalue weighted by Crippen LogP contribution is 2.60. The summed E-state index contributed by atoms with van der Waals surface area (Å²) in [6.07, 6.45) is 8.99. The van der Waals surface area contributed by atoms with Crippen LogP contribution in [-0.4, -0.2) is 27.6 Å². The highest BCUT2D eigenvalue weighted by Gasteiger charge is 2.53. The third-order valence-electron chi connectivity index (χ3n) is 8.39. The van der Waals surface area contributed by atoms with Crippen molar-refractivity contribution in [1.82, 2.24) is 0 Å². The summed E-state index contributed by atoms with van der Waals surface area (Å²) in [5.41, 5.74) is 0.683. The second-order valence-corrected chi connectivity index (χ2v) is 9.64. The zero-order chi connectivity index (χ0) is 15.4. The van der Waals surface area contributed by atoms with Gasteiger partial charge >= 0.3 is 0 Å². The van der Waals surface area contributed by atoms with Crippen LogP contribution in [-0.2, 0) is 0 Å². The highest BCUT2D eigenvalue weighted by atomic mass is 16.3. The molecule has 2 bridgehead atoms. The third kappa shape index (κ3) is 3.53. The van der Waals surface area contributed by atoms with Crippen LogP contribution in [0.1, 0.15) is 79.6 Å². The molecule has 4 heteroatoms. The molecular weight excluding hydrogens is 304 g/mol. The van der Waals surface area contributed by atoms with Crippen LogP contribution in [0.3, 0.4) is 0 Å². The van der Waals surface area contributed by atoms with Gasteiger partial charge in [0.15, 0.2) is 0 Å². The van der Waals surface area contributed by atoms with Gasteiger partial charge in [-0.05, 0) is 78.9 Å². The summed E-state index contributed by atoms with van der Waals surface area (Å²) >= 11 is 0. The lowest BCUT2D eigenvalue weighted by molar-refractivity contribution is -0.121. The molecule has 4 nitrogen and oxygen atoms in total. The van der Waals surface area contributed by atoms with Gasteiger partial charge < -0.3 is 21.5 Å². The second-order valence-electron chi connectivity index (χ2n) is 9.64. The Kier molecular flexibility index (Phi) is 7.97. The molecule has 146 valence electrons. The minimum Gasteiger partial charge on any atom is -0.412 e. The van der Waals surface area contributed by atoms with Crippen LogP contribution in [0, 0.1) is 40.4 Å². The van der Waals surface area contributed by atoms with Gasteiger partial charge in [-0.15, -0.1) is 0 Å². The largest absolute Gasteiger partial charge is 0.412 e. The summed E-state index contributed by atoms with van der Waals surface area (Å²) in [4.78, 5) is 0. The van der Waals surface area contributed by atoms with Gasteiger partial charge in [0, 0.05) is 0 Å². The van der Waals surface area contributed by atoms with E-state index in [-0.39, 0.29) is 27.9 Å². The molecule has 24 heavy (non-hydrogen) atoms. The summed E-state index contributed by atoms with van der Waals surface area (Å²) in [7, 11) is 0. The normalized spacial score (nSPS) is 46.8. The van der Waals surface area contributed by atoms with Crippen molar-refractivity contribution in [1.29, 1.82) is 0 Å². The lowest BCUT2D eigenvalue weighted by atomic mass is 9.48. The van der Waals surface area contributed by atoms with E-state index in [1.165, 1.54) is 38.5 Å². The van der Waals surface area contributed by atoms with Crippen LogP contribution in [0.5, 0.6) is 0 Å². The lowest BCUT2D eigenvalue weighted by Crippen LogP contribution is -2.52. The number of aliphatic hydroxyl groups excluding tert-OH is 1. The molecule has 3 aliphatic carbocycles. The summed E-state index contributed by atoms with van der Waals surface area (Å²) < 4.78 is 0. The third-order valence-corrected chi connectivity index (χ3v) is 8.39. The van der Waals surface area contributed by atoms with E-state index < -0.39 is 0 Å². The van der Waals surface area contributed by atoms with E-state index in [0.717, 1.165) is 36.0 Å². The first-order valence-corrected chi connectivity index (χ1v) is 9.45. The number of fused-ring (bicyclic) bond motifs is 3. The summed E-state index contributed by atoms with van der Waals surface area (Å²) in [5, 5.41) is 10.8. The number of hydrogen-bond donors (Lipinski definition) is 1. The van der Waals surface area contributed by atoms with Crippen molar-refractivity contribution in [3.8, 4) is 0 Å². The minimum atomic E-state index is -0.0593. The standard InChI is InChI=1S/C20H36O.3H2O/c1-13-6-8-15-12-17-14(2)7-9-18(21)20(17,5)11-10-16(13)19(15,3)4;;;/h13-18,21H,6-12H2,1-5H3;3*1H2/t13-,14-,15+,16+,17-,18?,20+;;;/m1.../s1. The Bertz CT molecular complexity index is 397. The minimum absolute atomic E-state index is 0. The fraction of sp³-hybridized carbons (Fsp3) is 1.00. The van der Waals surface area contributed by atoms with Crippen LogP contribution in [0.25, 0.3) is 0 Å². The molecule has 0 amide bonds. The van der Waals surface area contributed by atoms with Gasteiger partial charge in [0.1, 0.15) is 0 Å². The van der Waals surface area contributed by atoms with Crippen molar-refractivity contribution in [2.24, 2.45) is 40.4 Å². The van der Waals surface area contributed by atoms with Gasteiger partial charge in [-0.25, -0.2) is 0 Å². The van der Waals surface area contributed by atoms with E-state index in [9.17, 15) is 5.11 Å². The fourth-order valence-electron chi connectivity index (χ4n) is 6.63. The summed E-state index contributed by atoms with van der Waals surface area (Å²) in [6.45, 7) is 12.4. The Morgan fingerprint density at radius 3 is 1.92 bits per heavy atom.